The Balaban J connectivity index is 1.55. The maximum Gasteiger partial charge on any atom is 0.278 e. The lowest BCUT2D eigenvalue weighted by Gasteiger charge is -2.43. The molecule has 180 valence electrons. The molecule has 3 aromatic rings. The maximum absolute atomic E-state index is 14.0. The molecule has 2 aliphatic rings. The first-order chi connectivity index (χ1) is 16.7. The molecule has 1 atom stereocenters. The van der Waals surface area contributed by atoms with Crippen molar-refractivity contribution in [2.24, 2.45) is 0 Å². The molecule has 0 saturated carbocycles. The first-order valence-electron chi connectivity index (χ1n) is 10.8. The van der Waals surface area contributed by atoms with Crippen LogP contribution in [0, 0.1) is 17.5 Å². The summed E-state index contributed by atoms with van der Waals surface area (Å²) in [7, 11) is 0. The SMILES string of the molecule is CCN1C(=O)c2c(O)c(=O)c(C(=O)NCc3ccc(F)cc3F)cn2N2Cc3ccc(F)cc3[C@@H]12. The number of nitrogens with one attached hydrogen (secondary N) is 1. The number of pyridine rings is 1. The molecule has 2 aromatic carbocycles. The standard InChI is InChI=1S/C24H19F3N4O4/c1-2-29-23-16-7-14(25)6-4-13(16)10-31(23)30-11-17(20(32)21(33)19(30)24(29)35)22(34)28-9-12-3-5-15(26)8-18(12)27/h3-8,11,23,33H,2,9-10H2,1H3,(H,28,34)/t23-/m0/s1. The first kappa shape index (κ1) is 22.5. The fraction of sp³-hybridized carbons (Fsp3) is 0.208. The van der Waals surface area contributed by atoms with Crippen molar-refractivity contribution in [2.45, 2.75) is 26.2 Å². The number of aromatic hydroxyl groups is 1. The van der Waals surface area contributed by atoms with Gasteiger partial charge in [-0.05, 0) is 30.7 Å². The van der Waals surface area contributed by atoms with Gasteiger partial charge < -0.3 is 15.3 Å². The fourth-order valence-electron chi connectivity index (χ4n) is 4.55. The molecule has 0 unspecified atom stereocenters. The number of carbonyl (C=O) groups excluding carboxylic acids is 2. The third-order valence-electron chi connectivity index (χ3n) is 6.24. The molecule has 1 aromatic heterocycles. The van der Waals surface area contributed by atoms with Crippen molar-refractivity contribution in [3.63, 3.8) is 0 Å². The smallest absolute Gasteiger partial charge is 0.278 e. The van der Waals surface area contributed by atoms with Crippen LogP contribution < -0.4 is 15.8 Å². The zero-order valence-corrected chi connectivity index (χ0v) is 18.4. The third-order valence-corrected chi connectivity index (χ3v) is 6.24. The lowest BCUT2D eigenvalue weighted by Crippen LogP contribution is -2.53. The molecule has 5 rings (SSSR count). The Hall–Kier alpha value is -4.28. The van der Waals surface area contributed by atoms with Crippen molar-refractivity contribution in [2.75, 3.05) is 11.6 Å². The van der Waals surface area contributed by atoms with Crippen LogP contribution in [0.4, 0.5) is 13.2 Å². The highest BCUT2D eigenvalue weighted by atomic mass is 19.1. The van der Waals surface area contributed by atoms with E-state index in [1.54, 1.807) is 18.0 Å². The molecule has 2 N–H and O–H groups in total. The van der Waals surface area contributed by atoms with Crippen LogP contribution >= 0.6 is 0 Å². The summed E-state index contributed by atoms with van der Waals surface area (Å²) in [5.41, 5.74) is -0.574. The van der Waals surface area contributed by atoms with Crippen LogP contribution in [0.15, 0.2) is 47.4 Å². The summed E-state index contributed by atoms with van der Waals surface area (Å²) < 4.78 is 42.3. The summed E-state index contributed by atoms with van der Waals surface area (Å²) in [6.45, 7) is 1.82. The third kappa shape index (κ3) is 3.50. The molecule has 2 amide bonds. The Kier molecular flexibility index (Phi) is 5.27. The zero-order valence-electron chi connectivity index (χ0n) is 18.4. The van der Waals surface area contributed by atoms with E-state index in [9.17, 15) is 32.7 Å². The summed E-state index contributed by atoms with van der Waals surface area (Å²) in [4.78, 5) is 40.3. The van der Waals surface area contributed by atoms with Crippen LogP contribution in [0.5, 0.6) is 5.75 Å². The molecule has 11 heteroatoms. The molecule has 0 aliphatic carbocycles. The number of hydrogen-bond donors (Lipinski definition) is 2. The summed E-state index contributed by atoms with van der Waals surface area (Å²) in [5, 5.41) is 14.7. The molecular weight excluding hydrogens is 465 g/mol. The van der Waals surface area contributed by atoms with E-state index in [1.165, 1.54) is 21.7 Å². The van der Waals surface area contributed by atoms with E-state index in [2.05, 4.69) is 5.32 Å². The van der Waals surface area contributed by atoms with E-state index in [4.69, 9.17) is 0 Å². The van der Waals surface area contributed by atoms with Crippen LogP contribution in [0.2, 0.25) is 0 Å². The Morgan fingerprint density at radius 3 is 2.54 bits per heavy atom. The molecule has 0 bridgehead atoms. The highest BCUT2D eigenvalue weighted by Crippen LogP contribution is 2.40. The Morgan fingerprint density at radius 1 is 1.11 bits per heavy atom. The van der Waals surface area contributed by atoms with E-state index in [0.717, 1.165) is 23.9 Å². The topological polar surface area (TPSA) is 94.9 Å². The average Bonchev–Trinajstić information content (AvgIpc) is 3.19. The van der Waals surface area contributed by atoms with Gasteiger partial charge in [0.1, 0.15) is 29.2 Å². The highest BCUT2D eigenvalue weighted by molar-refractivity contribution is 5.99. The van der Waals surface area contributed by atoms with Gasteiger partial charge in [0.05, 0.1) is 6.54 Å². The minimum atomic E-state index is -1.07. The monoisotopic (exact) mass is 484 g/mol. The Labute approximate surface area is 196 Å². The maximum atomic E-state index is 14.0. The molecule has 3 heterocycles. The van der Waals surface area contributed by atoms with Crippen LogP contribution in [-0.4, -0.2) is 33.0 Å². The van der Waals surface area contributed by atoms with Crippen LogP contribution in [0.3, 0.4) is 0 Å². The van der Waals surface area contributed by atoms with Crippen molar-refractivity contribution >= 4 is 11.8 Å². The summed E-state index contributed by atoms with van der Waals surface area (Å²) in [5.74, 6) is -4.60. The minimum Gasteiger partial charge on any atom is -0.502 e. The van der Waals surface area contributed by atoms with Crippen LogP contribution in [0.25, 0.3) is 0 Å². The number of halogens is 3. The molecule has 0 saturated heterocycles. The molecule has 2 aliphatic heterocycles. The van der Waals surface area contributed by atoms with Gasteiger partial charge in [-0.2, -0.15) is 0 Å². The van der Waals surface area contributed by atoms with Crippen molar-refractivity contribution in [1.29, 1.82) is 0 Å². The predicted molar refractivity (Wildman–Crippen MR) is 118 cm³/mol. The van der Waals surface area contributed by atoms with Crippen molar-refractivity contribution < 1.29 is 27.9 Å². The number of hydrogen-bond acceptors (Lipinski definition) is 5. The van der Waals surface area contributed by atoms with E-state index >= 15 is 0 Å². The molecule has 0 fully saturated rings. The number of rotatable bonds is 4. The number of carbonyl (C=O) groups is 2. The van der Waals surface area contributed by atoms with Gasteiger partial charge in [0.2, 0.25) is 5.43 Å². The second-order valence-electron chi connectivity index (χ2n) is 8.24. The first-order valence-corrected chi connectivity index (χ1v) is 10.8. The van der Waals surface area contributed by atoms with Gasteiger partial charge in [-0.25, -0.2) is 13.2 Å². The van der Waals surface area contributed by atoms with E-state index in [0.29, 0.717) is 11.6 Å². The van der Waals surface area contributed by atoms with E-state index in [1.807, 2.05) is 0 Å². The quantitative estimate of drug-likeness (QED) is 0.594. The van der Waals surface area contributed by atoms with Gasteiger partial charge in [-0.1, -0.05) is 12.1 Å². The second-order valence-corrected chi connectivity index (χ2v) is 8.24. The normalized spacial score (nSPS) is 16.1. The average molecular weight is 484 g/mol. The van der Waals surface area contributed by atoms with Gasteiger partial charge in [0.15, 0.2) is 11.4 Å². The number of nitrogens with zero attached hydrogens (tertiary/aromatic N) is 3. The lowest BCUT2D eigenvalue weighted by atomic mass is 10.1. The lowest BCUT2D eigenvalue weighted by molar-refractivity contribution is 0.0589. The van der Waals surface area contributed by atoms with Gasteiger partial charge >= 0.3 is 0 Å². The van der Waals surface area contributed by atoms with Crippen molar-refractivity contribution in [3.8, 4) is 5.75 Å². The van der Waals surface area contributed by atoms with Gasteiger partial charge in [-0.3, -0.25) is 24.1 Å². The second kappa shape index (κ2) is 8.19. The van der Waals surface area contributed by atoms with Crippen LogP contribution in [0.1, 0.15) is 50.6 Å². The van der Waals surface area contributed by atoms with Crippen molar-refractivity contribution in [1.82, 2.24) is 14.9 Å². The number of fused-ring (bicyclic) bond motifs is 5. The largest absolute Gasteiger partial charge is 0.502 e. The summed E-state index contributed by atoms with van der Waals surface area (Å²) >= 11 is 0. The minimum absolute atomic E-state index is 0.00659. The molecule has 0 spiro atoms. The zero-order chi connectivity index (χ0) is 25.0. The van der Waals surface area contributed by atoms with Crippen molar-refractivity contribution in [3.05, 3.63) is 98.2 Å². The van der Waals surface area contributed by atoms with E-state index < -0.39 is 52.2 Å². The number of benzene rings is 2. The highest BCUT2D eigenvalue weighted by Gasteiger charge is 2.44. The fourth-order valence-corrected chi connectivity index (χ4v) is 4.55. The van der Waals surface area contributed by atoms with Crippen LogP contribution in [-0.2, 0) is 13.1 Å². The molecule has 0 radical (unpaired) electrons. The van der Waals surface area contributed by atoms with Gasteiger partial charge in [0.25, 0.3) is 11.8 Å². The van der Waals surface area contributed by atoms with Gasteiger partial charge in [-0.15, -0.1) is 0 Å². The van der Waals surface area contributed by atoms with E-state index in [-0.39, 0.29) is 30.9 Å². The summed E-state index contributed by atoms with van der Waals surface area (Å²) in [6, 6.07) is 7.07. The number of aromatic nitrogens is 1. The van der Waals surface area contributed by atoms with Gasteiger partial charge in [0, 0.05) is 36.5 Å². The molecule has 8 nitrogen and oxygen atoms in total. The molecular formula is C24H19F3N4O4. The molecule has 35 heavy (non-hydrogen) atoms. The Morgan fingerprint density at radius 2 is 1.83 bits per heavy atom. The summed E-state index contributed by atoms with van der Waals surface area (Å²) in [6.07, 6.45) is 0.422. The number of amides is 2. The Bertz CT molecular complexity index is 1460. The predicted octanol–water partition coefficient (Wildman–Crippen LogP) is 2.53.